The van der Waals surface area contributed by atoms with Gasteiger partial charge in [-0.25, -0.2) is 0 Å². The fraction of sp³-hybridized carbons (Fsp3) is 0.929. The lowest BCUT2D eigenvalue weighted by Gasteiger charge is -2.27. The maximum atomic E-state index is 10.7. The van der Waals surface area contributed by atoms with E-state index in [0.29, 0.717) is 5.54 Å². The van der Waals surface area contributed by atoms with Crippen LogP contribution in [0.1, 0.15) is 58.3 Å². The number of carbonyl (C=O) groups is 1. The molecule has 0 aromatic carbocycles. The van der Waals surface area contributed by atoms with Crippen molar-refractivity contribution in [1.82, 2.24) is 0 Å². The topological polar surface area (TPSA) is 17.1 Å². The van der Waals surface area contributed by atoms with Crippen molar-refractivity contribution in [3.8, 4) is 0 Å². The summed E-state index contributed by atoms with van der Waals surface area (Å²) in [5.41, 5.74) is 0.705. The molecule has 0 saturated carbocycles. The van der Waals surface area contributed by atoms with Gasteiger partial charge in [0.15, 0.2) is 0 Å². The van der Waals surface area contributed by atoms with E-state index >= 15 is 0 Å². The average Bonchev–Trinajstić information content (AvgIpc) is 2.20. The van der Waals surface area contributed by atoms with E-state index in [1.807, 2.05) is 0 Å². The van der Waals surface area contributed by atoms with E-state index in [1.54, 1.807) is 0 Å². The zero-order valence-electron chi connectivity index (χ0n) is 11.7. The van der Waals surface area contributed by atoms with Crippen molar-refractivity contribution < 1.29 is 4.79 Å². The molecule has 0 radical (unpaired) electrons. The molecule has 96 valence electrons. The largest absolute Gasteiger partial charge is 0.303 e. The molecule has 0 aliphatic carbocycles. The summed E-state index contributed by atoms with van der Waals surface area (Å²) in [6.45, 7) is 9.42. The predicted octanol–water partition coefficient (Wildman–Crippen LogP) is 5.03. The molecule has 0 aromatic rings. The van der Waals surface area contributed by atoms with Gasteiger partial charge >= 0.3 is 0 Å². The highest BCUT2D eigenvalue weighted by Crippen LogP contribution is 2.30. The molecular weight excluding hydrogens is 212 g/mol. The van der Waals surface area contributed by atoms with E-state index in [2.05, 4.69) is 26.6 Å². The summed E-state index contributed by atoms with van der Waals surface area (Å²) in [5, 5.41) is 0. The SMILES string of the molecule is CCCCCCCCC(CC=O)[Si](C)(C)C. The second-order valence-corrected chi connectivity index (χ2v) is 11.6. The molecule has 0 aromatic heterocycles. The minimum absolute atomic E-state index is 0.705. The smallest absolute Gasteiger partial charge is 0.119 e. The standard InChI is InChI=1S/C14H30OSi/c1-5-6-7-8-9-10-11-14(12-13-15)16(2,3)4/h13-14H,5-12H2,1-4H3. The van der Waals surface area contributed by atoms with E-state index < -0.39 is 8.07 Å². The van der Waals surface area contributed by atoms with Gasteiger partial charge in [0.2, 0.25) is 0 Å². The van der Waals surface area contributed by atoms with Crippen molar-refractivity contribution in [1.29, 1.82) is 0 Å². The van der Waals surface area contributed by atoms with Gasteiger partial charge in [-0.3, -0.25) is 0 Å². The van der Waals surface area contributed by atoms with E-state index in [-0.39, 0.29) is 0 Å². The summed E-state index contributed by atoms with van der Waals surface area (Å²) < 4.78 is 0. The molecular formula is C14H30OSi. The van der Waals surface area contributed by atoms with Crippen LogP contribution in [0.5, 0.6) is 0 Å². The van der Waals surface area contributed by atoms with Crippen LogP contribution in [0, 0.1) is 0 Å². The fourth-order valence-corrected chi connectivity index (χ4v) is 4.07. The molecule has 2 heteroatoms. The molecule has 0 aliphatic rings. The van der Waals surface area contributed by atoms with Gasteiger partial charge in [-0.15, -0.1) is 0 Å². The van der Waals surface area contributed by atoms with Gasteiger partial charge in [-0.1, -0.05) is 71.5 Å². The van der Waals surface area contributed by atoms with Gasteiger partial charge in [0.05, 0.1) is 0 Å². The Hall–Kier alpha value is -0.113. The zero-order valence-corrected chi connectivity index (χ0v) is 12.7. The van der Waals surface area contributed by atoms with Crippen LogP contribution < -0.4 is 0 Å². The number of hydrogen-bond acceptors (Lipinski definition) is 1. The van der Waals surface area contributed by atoms with Crippen LogP contribution in [0.25, 0.3) is 0 Å². The number of hydrogen-bond donors (Lipinski definition) is 0. The number of carbonyl (C=O) groups excluding carboxylic acids is 1. The summed E-state index contributed by atoms with van der Waals surface area (Å²) >= 11 is 0. The Balaban J connectivity index is 3.65. The monoisotopic (exact) mass is 242 g/mol. The van der Waals surface area contributed by atoms with E-state index in [4.69, 9.17) is 0 Å². The van der Waals surface area contributed by atoms with Gasteiger partial charge in [0, 0.05) is 14.5 Å². The van der Waals surface area contributed by atoms with Crippen LogP contribution in [0.2, 0.25) is 25.2 Å². The quantitative estimate of drug-likeness (QED) is 0.298. The van der Waals surface area contributed by atoms with Crippen molar-refractivity contribution in [2.75, 3.05) is 0 Å². The first-order chi connectivity index (χ1) is 7.52. The van der Waals surface area contributed by atoms with E-state index in [1.165, 1.54) is 44.9 Å². The molecule has 16 heavy (non-hydrogen) atoms. The first-order valence-electron chi connectivity index (χ1n) is 6.96. The Kier molecular flexibility index (Phi) is 8.91. The first-order valence-corrected chi connectivity index (χ1v) is 10.5. The molecule has 0 bridgehead atoms. The highest BCUT2D eigenvalue weighted by Gasteiger charge is 2.25. The van der Waals surface area contributed by atoms with Crippen molar-refractivity contribution >= 4 is 14.4 Å². The number of rotatable bonds is 10. The van der Waals surface area contributed by atoms with Crippen molar-refractivity contribution in [3.63, 3.8) is 0 Å². The van der Waals surface area contributed by atoms with Gasteiger partial charge in [0.1, 0.15) is 6.29 Å². The Bertz CT molecular complexity index is 172. The molecule has 0 N–H and O–H groups in total. The second-order valence-electron chi connectivity index (χ2n) is 6.02. The van der Waals surface area contributed by atoms with Crippen LogP contribution in [0.15, 0.2) is 0 Å². The summed E-state index contributed by atoms with van der Waals surface area (Å²) in [6.07, 6.45) is 11.4. The van der Waals surface area contributed by atoms with E-state index in [9.17, 15) is 4.79 Å². The Morgan fingerprint density at radius 3 is 2.06 bits per heavy atom. The highest BCUT2D eigenvalue weighted by molar-refractivity contribution is 6.77. The lowest BCUT2D eigenvalue weighted by Crippen LogP contribution is -2.28. The molecule has 1 unspecified atom stereocenters. The van der Waals surface area contributed by atoms with Gasteiger partial charge < -0.3 is 4.79 Å². The molecule has 1 atom stereocenters. The van der Waals surface area contributed by atoms with Crippen molar-refractivity contribution in [3.05, 3.63) is 0 Å². The molecule has 0 heterocycles. The molecule has 0 saturated heterocycles. The van der Waals surface area contributed by atoms with Gasteiger partial charge in [-0.05, 0) is 5.54 Å². The third kappa shape index (κ3) is 8.09. The molecule has 0 rings (SSSR count). The molecule has 1 nitrogen and oxygen atoms in total. The van der Waals surface area contributed by atoms with Crippen LogP contribution >= 0.6 is 0 Å². The maximum absolute atomic E-state index is 10.7. The van der Waals surface area contributed by atoms with E-state index in [0.717, 1.165) is 12.7 Å². The third-order valence-electron chi connectivity index (χ3n) is 3.51. The lowest BCUT2D eigenvalue weighted by molar-refractivity contribution is -0.107. The molecule has 0 fully saturated rings. The molecule has 0 aliphatic heterocycles. The van der Waals surface area contributed by atoms with Crippen LogP contribution in [-0.2, 0) is 4.79 Å². The normalized spacial score (nSPS) is 13.8. The molecule has 0 spiro atoms. The summed E-state index contributed by atoms with van der Waals surface area (Å²) in [4.78, 5) is 10.7. The minimum atomic E-state index is -1.11. The Morgan fingerprint density at radius 2 is 1.56 bits per heavy atom. The summed E-state index contributed by atoms with van der Waals surface area (Å²) in [6, 6.07) is 0. The fourth-order valence-electron chi connectivity index (χ4n) is 2.19. The average molecular weight is 242 g/mol. The first kappa shape index (κ1) is 15.9. The third-order valence-corrected chi connectivity index (χ3v) is 6.49. The highest BCUT2D eigenvalue weighted by atomic mass is 28.3. The summed E-state index contributed by atoms with van der Waals surface area (Å²) in [5.74, 6) is 0. The maximum Gasteiger partial charge on any atom is 0.119 e. The minimum Gasteiger partial charge on any atom is -0.303 e. The second kappa shape index (κ2) is 8.97. The van der Waals surface area contributed by atoms with Crippen molar-refractivity contribution in [2.45, 2.75) is 83.5 Å². The van der Waals surface area contributed by atoms with Gasteiger partial charge in [-0.2, -0.15) is 0 Å². The zero-order chi connectivity index (χ0) is 12.4. The Morgan fingerprint density at radius 1 is 1.00 bits per heavy atom. The Labute approximate surface area is 103 Å². The van der Waals surface area contributed by atoms with Crippen LogP contribution in [0.4, 0.5) is 0 Å². The lowest BCUT2D eigenvalue weighted by atomic mass is 10.1. The van der Waals surface area contributed by atoms with Crippen LogP contribution in [0.3, 0.4) is 0 Å². The predicted molar refractivity (Wildman–Crippen MR) is 75.8 cm³/mol. The summed E-state index contributed by atoms with van der Waals surface area (Å²) in [7, 11) is -1.11. The van der Waals surface area contributed by atoms with Crippen molar-refractivity contribution in [2.24, 2.45) is 0 Å². The molecule has 0 amide bonds. The number of aldehydes is 1. The van der Waals surface area contributed by atoms with Crippen LogP contribution in [-0.4, -0.2) is 14.4 Å². The van der Waals surface area contributed by atoms with Gasteiger partial charge in [0.25, 0.3) is 0 Å². The number of unbranched alkanes of at least 4 members (excludes halogenated alkanes) is 5.